The first-order chi connectivity index (χ1) is 6.74. The third kappa shape index (κ3) is 2.69. The van der Waals surface area contributed by atoms with E-state index in [4.69, 9.17) is 0 Å². The van der Waals surface area contributed by atoms with E-state index in [0.717, 1.165) is 31.5 Å². The number of hydrogen-bond acceptors (Lipinski definition) is 3. The minimum absolute atomic E-state index is 0.121. The maximum Gasteiger partial charge on any atom is 0.0680 e. The molecule has 3 heteroatoms. The molecule has 1 heterocycles. The highest BCUT2D eigenvalue weighted by molar-refractivity contribution is 4.85. The molecule has 0 spiro atoms. The van der Waals surface area contributed by atoms with Crippen molar-refractivity contribution in [3.63, 3.8) is 0 Å². The second-order valence-electron chi connectivity index (χ2n) is 5.02. The van der Waals surface area contributed by atoms with Gasteiger partial charge in [0.05, 0.1) is 6.10 Å². The molecule has 2 rings (SSSR count). The van der Waals surface area contributed by atoms with Crippen LogP contribution in [-0.2, 0) is 0 Å². The predicted octanol–water partition coefficient (Wildman–Crippen LogP) is 0.487. The fraction of sp³-hybridized carbons (Fsp3) is 1.00. The van der Waals surface area contributed by atoms with Gasteiger partial charge in [-0.15, -0.1) is 0 Å². The highest BCUT2D eigenvalue weighted by Gasteiger charge is 2.25. The van der Waals surface area contributed by atoms with Crippen LogP contribution in [0.3, 0.4) is 0 Å². The lowest BCUT2D eigenvalue weighted by molar-refractivity contribution is 0.193. The summed E-state index contributed by atoms with van der Waals surface area (Å²) in [7, 11) is 0. The molecule has 1 saturated carbocycles. The first-order valence-electron chi connectivity index (χ1n) is 5.89. The molecule has 1 aliphatic carbocycles. The van der Waals surface area contributed by atoms with Crippen molar-refractivity contribution in [2.75, 3.05) is 13.1 Å². The topological polar surface area (TPSA) is 44.3 Å². The van der Waals surface area contributed by atoms with E-state index in [2.05, 4.69) is 17.6 Å². The van der Waals surface area contributed by atoms with E-state index in [1.807, 2.05) is 0 Å². The fourth-order valence-corrected chi connectivity index (χ4v) is 2.65. The van der Waals surface area contributed by atoms with Crippen molar-refractivity contribution in [3.8, 4) is 0 Å². The van der Waals surface area contributed by atoms with Gasteiger partial charge in [0.2, 0.25) is 0 Å². The molecule has 4 atom stereocenters. The van der Waals surface area contributed by atoms with Gasteiger partial charge in [0.25, 0.3) is 0 Å². The molecule has 0 aromatic carbocycles. The molecule has 3 N–H and O–H groups in total. The average Bonchev–Trinajstić information content (AvgIpc) is 2.72. The molecule has 3 nitrogen and oxygen atoms in total. The van der Waals surface area contributed by atoms with E-state index in [1.54, 1.807) is 0 Å². The standard InChI is InChI=1S/C11H22N2O/c1-8-2-3-9(4-8)12-6-10-5-11(14)7-13-10/h8-14H,2-7H2,1H3. The Labute approximate surface area is 86.3 Å². The maximum atomic E-state index is 9.34. The normalized spacial score (nSPS) is 43.3. The summed E-state index contributed by atoms with van der Waals surface area (Å²) < 4.78 is 0. The van der Waals surface area contributed by atoms with Gasteiger partial charge in [0.1, 0.15) is 0 Å². The summed E-state index contributed by atoms with van der Waals surface area (Å²) in [5.41, 5.74) is 0. The van der Waals surface area contributed by atoms with Gasteiger partial charge in [0.15, 0.2) is 0 Å². The lowest BCUT2D eigenvalue weighted by Crippen LogP contribution is -2.38. The Morgan fingerprint density at radius 3 is 2.79 bits per heavy atom. The Bertz CT molecular complexity index is 166. The summed E-state index contributed by atoms with van der Waals surface area (Å²) in [6, 6.07) is 1.21. The van der Waals surface area contributed by atoms with Crippen LogP contribution >= 0.6 is 0 Å². The van der Waals surface area contributed by atoms with Gasteiger partial charge >= 0.3 is 0 Å². The van der Waals surface area contributed by atoms with Crippen LogP contribution in [0, 0.1) is 5.92 Å². The Morgan fingerprint density at radius 1 is 1.36 bits per heavy atom. The van der Waals surface area contributed by atoms with Crippen LogP contribution < -0.4 is 10.6 Å². The van der Waals surface area contributed by atoms with Gasteiger partial charge in [-0.1, -0.05) is 6.92 Å². The van der Waals surface area contributed by atoms with Crippen LogP contribution in [0.1, 0.15) is 32.6 Å². The minimum atomic E-state index is -0.121. The van der Waals surface area contributed by atoms with E-state index in [-0.39, 0.29) is 6.10 Å². The summed E-state index contributed by atoms with van der Waals surface area (Å²) in [5.74, 6) is 0.898. The van der Waals surface area contributed by atoms with E-state index in [0.29, 0.717) is 6.04 Å². The molecule has 82 valence electrons. The summed E-state index contributed by atoms with van der Waals surface area (Å²) >= 11 is 0. The van der Waals surface area contributed by atoms with Crippen LogP contribution in [0.25, 0.3) is 0 Å². The summed E-state index contributed by atoms with van der Waals surface area (Å²) in [6.45, 7) is 4.13. The van der Waals surface area contributed by atoms with E-state index in [9.17, 15) is 5.11 Å². The number of aliphatic hydroxyl groups excluding tert-OH is 1. The molecule has 0 aromatic rings. The summed E-state index contributed by atoms with van der Waals surface area (Å²) in [5, 5.41) is 16.3. The van der Waals surface area contributed by atoms with Gasteiger partial charge < -0.3 is 15.7 Å². The van der Waals surface area contributed by atoms with Crippen molar-refractivity contribution >= 4 is 0 Å². The second kappa shape index (κ2) is 4.60. The maximum absolute atomic E-state index is 9.34. The zero-order valence-electron chi connectivity index (χ0n) is 9.00. The summed E-state index contributed by atoms with van der Waals surface area (Å²) in [6.07, 6.45) is 4.82. The third-order valence-electron chi connectivity index (χ3n) is 3.55. The van der Waals surface area contributed by atoms with Gasteiger partial charge in [-0.25, -0.2) is 0 Å². The van der Waals surface area contributed by atoms with Crippen LogP contribution in [0.4, 0.5) is 0 Å². The lowest BCUT2D eigenvalue weighted by Gasteiger charge is -2.16. The molecule has 1 aliphatic heterocycles. The van der Waals surface area contributed by atoms with Crippen LogP contribution in [0.5, 0.6) is 0 Å². The zero-order valence-corrected chi connectivity index (χ0v) is 9.00. The van der Waals surface area contributed by atoms with Crippen LogP contribution in [0.2, 0.25) is 0 Å². The molecule has 2 aliphatic rings. The van der Waals surface area contributed by atoms with E-state index >= 15 is 0 Å². The average molecular weight is 198 g/mol. The Hall–Kier alpha value is -0.120. The number of β-amino-alcohol motifs (C(OH)–C–C–N with tert-alkyl or cyclic N) is 1. The Balaban J connectivity index is 1.63. The molecular weight excluding hydrogens is 176 g/mol. The Kier molecular flexibility index (Phi) is 3.42. The lowest BCUT2D eigenvalue weighted by atomic mass is 10.1. The SMILES string of the molecule is CC1CCC(NCC2CC(O)CN2)C1. The number of aliphatic hydroxyl groups is 1. The number of rotatable bonds is 3. The molecule has 0 aromatic heterocycles. The molecule has 1 saturated heterocycles. The summed E-state index contributed by atoms with van der Waals surface area (Å²) in [4.78, 5) is 0. The fourth-order valence-electron chi connectivity index (χ4n) is 2.65. The second-order valence-corrected chi connectivity index (χ2v) is 5.02. The molecule has 14 heavy (non-hydrogen) atoms. The molecule has 0 bridgehead atoms. The van der Waals surface area contributed by atoms with Gasteiger partial charge in [-0.2, -0.15) is 0 Å². The quantitative estimate of drug-likeness (QED) is 0.618. The van der Waals surface area contributed by atoms with Crippen LogP contribution in [0.15, 0.2) is 0 Å². The zero-order chi connectivity index (χ0) is 9.97. The minimum Gasteiger partial charge on any atom is -0.392 e. The van der Waals surface area contributed by atoms with Crippen molar-refractivity contribution in [1.29, 1.82) is 0 Å². The Morgan fingerprint density at radius 2 is 2.21 bits per heavy atom. The largest absolute Gasteiger partial charge is 0.392 e. The highest BCUT2D eigenvalue weighted by atomic mass is 16.3. The van der Waals surface area contributed by atoms with E-state index in [1.165, 1.54) is 19.3 Å². The van der Waals surface area contributed by atoms with Crippen molar-refractivity contribution in [2.45, 2.75) is 50.8 Å². The smallest absolute Gasteiger partial charge is 0.0680 e. The molecule has 2 fully saturated rings. The van der Waals surface area contributed by atoms with Gasteiger partial charge in [-0.05, 0) is 31.6 Å². The van der Waals surface area contributed by atoms with E-state index < -0.39 is 0 Å². The highest BCUT2D eigenvalue weighted by Crippen LogP contribution is 2.24. The van der Waals surface area contributed by atoms with Gasteiger partial charge in [-0.3, -0.25) is 0 Å². The first kappa shape index (κ1) is 10.4. The van der Waals surface area contributed by atoms with Crippen molar-refractivity contribution in [1.82, 2.24) is 10.6 Å². The number of hydrogen-bond donors (Lipinski definition) is 3. The number of nitrogens with one attached hydrogen (secondary N) is 2. The van der Waals surface area contributed by atoms with Crippen LogP contribution in [-0.4, -0.2) is 36.4 Å². The third-order valence-corrected chi connectivity index (χ3v) is 3.55. The molecule has 0 radical (unpaired) electrons. The monoisotopic (exact) mass is 198 g/mol. The first-order valence-corrected chi connectivity index (χ1v) is 5.89. The molecule has 4 unspecified atom stereocenters. The van der Waals surface area contributed by atoms with Crippen molar-refractivity contribution in [2.24, 2.45) is 5.92 Å². The molecule has 0 amide bonds. The van der Waals surface area contributed by atoms with Crippen molar-refractivity contribution < 1.29 is 5.11 Å². The van der Waals surface area contributed by atoms with Crippen molar-refractivity contribution in [3.05, 3.63) is 0 Å². The van der Waals surface area contributed by atoms with Gasteiger partial charge in [0, 0.05) is 25.2 Å². The predicted molar refractivity (Wildman–Crippen MR) is 57.2 cm³/mol. The molecular formula is C11H22N2O.